The number of anilines is 1. The van der Waals surface area contributed by atoms with Gasteiger partial charge in [-0.3, -0.25) is 4.98 Å². The Bertz CT molecular complexity index is 561. The van der Waals surface area contributed by atoms with Crippen molar-refractivity contribution in [3.63, 3.8) is 0 Å². The summed E-state index contributed by atoms with van der Waals surface area (Å²) < 4.78 is 32.5. The minimum atomic E-state index is -0.713. The highest BCUT2D eigenvalue weighted by Crippen LogP contribution is 2.23. The van der Waals surface area contributed by atoms with E-state index < -0.39 is 11.6 Å². The Morgan fingerprint density at radius 1 is 1.22 bits per heavy atom. The van der Waals surface area contributed by atoms with Gasteiger partial charge in [-0.15, -0.1) is 0 Å². The lowest BCUT2D eigenvalue weighted by Crippen LogP contribution is -2.01. The zero-order chi connectivity index (χ0) is 13.1. The number of hydrogen-bond acceptors (Lipinski definition) is 3. The smallest absolute Gasteiger partial charge is 0.167 e. The molecule has 0 aliphatic heterocycles. The second kappa shape index (κ2) is 5.30. The van der Waals surface area contributed by atoms with E-state index in [9.17, 15) is 8.78 Å². The number of pyridine rings is 1. The normalized spacial score (nSPS) is 10.4. The molecular formula is C12H9BrF2N2O. The molecule has 2 aromatic rings. The molecule has 0 bridgehead atoms. The van der Waals surface area contributed by atoms with Crippen molar-refractivity contribution in [1.82, 2.24) is 4.98 Å². The van der Waals surface area contributed by atoms with Crippen LogP contribution in [0.15, 0.2) is 34.9 Å². The maximum atomic E-state index is 13.4. The molecule has 6 heteroatoms. The lowest BCUT2D eigenvalue weighted by molar-refractivity contribution is 0.284. The van der Waals surface area contributed by atoms with Gasteiger partial charge in [0.2, 0.25) is 0 Å². The van der Waals surface area contributed by atoms with Gasteiger partial charge in [0, 0.05) is 22.8 Å². The quantitative estimate of drug-likeness (QED) is 0.884. The lowest BCUT2D eigenvalue weighted by atomic mass is 10.3. The molecule has 0 aliphatic carbocycles. The van der Waals surface area contributed by atoms with E-state index in [1.165, 1.54) is 0 Å². The summed E-state index contributed by atoms with van der Waals surface area (Å²) in [4.78, 5) is 4.05. The molecule has 0 unspecified atom stereocenters. The number of aromatic nitrogens is 1. The molecule has 1 aromatic heterocycles. The largest absolute Gasteiger partial charge is 0.484 e. The predicted octanol–water partition coefficient (Wildman–Crippen LogP) is 3.28. The summed E-state index contributed by atoms with van der Waals surface area (Å²) in [5.74, 6) is -1.60. The van der Waals surface area contributed by atoms with Gasteiger partial charge in [-0.05, 0) is 28.1 Å². The maximum Gasteiger partial charge on any atom is 0.167 e. The van der Waals surface area contributed by atoms with Crippen LogP contribution in [0, 0.1) is 11.6 Å². The average Bonchev–Trinajstić information content (AvgIpc) is 2.34. The van der Waals surface area contributed by atoms with Crippen LogP contribution in [0.25, 0.3) is 0 Å². The first kappa shape index (κ1) is 12.8. The molecule has 0 atom stereocenters. The Labute approximate surface area is 111 Å². The third-order valence-corrected chi connectivity index (χ3v) is 2.68. The minimum Gasteiger partial charge on any atom is -0.484 e. The van der Waals surface area contributed by atoms with Crippen LogP contribution in [-0.2, 0) is 6.61 Å². The standard InChI is InChI=1S/C12H9BrF2N2O/c13-7-1-2-8(17-5-7)6-18-12-4-9(14)11(16)3-10(12)15/h1-5H,6,16H2. The van der Waals surface area contributed by atoms with Gasteiger partial charge < -0.3 is 10.5 Å². The molecule has 0 saturated carbocycles. The zero-order valence-corrected chi connectivity index (χ0v) is 10.7. The summed E-state index contributed by atoms with van der Waals surface area (Å²) in [7, 11) is 0. The highest BCUT2D eigenvalue weighted by Gasteiger charge is 2.09. The molecule has 18 heavy (non-hydrogen) atoms. The van der Waals surface area contributed by atoms with Crippen LogP contribution in [0.4, 0.5) is 14.5 Å². The van der Waals surface area contributed by atoms with Crippen LogP contribution in [0.1, 0.15) is 5.69 Å². The number of halogens is 3. The Hall–Kier alpha value is -1.69. The number of nitrogens with zero attached hydrogens (tertiary/aromatic N) is 1. The van der Waals surface area contributed by atoms with Gasteiger partial charge in [0.15, 0.2) is 11.6 Å². The molecule has 2 rings (SSSR count). The molecule has 0 amide bonds. The molecule has 94 valence electrons. The van der Waals surface area contributed by atoms with Crippen molar-refractivity contribution < 1.29 is 13.5 Å². The first-order chi connectivity index (χ1) is 8.56. The predicted molar refractivity (Wildman–Crippen MR) is 67.0 cm³/mol. The monoisotopic (exact) mass is 314 g/mol. The van der Waals surface area contributed by atoms with Crippen LogP contribution in [-0.4, -0.2) is 4.98 Å². The summed E-state index contributed by atoms with van der Waals surface area (Å²) in [6, 6.07) is 5.31. The van der Waals surface area contributed by atoms with E-state index in [-0.39, 0.29) is 18.0 Å². The molecule has 3 nitrogen and oxygen atoms in total. The first-order valence-corrected chi connectivity index (χ1v) is 5.83. The van der Waals surface area contributed by atoms with Crippen molar-refractivity contribution in [2.45, 2.75) is 6.61 Å². The van der Waals surface area contributed by atoms with Gasteiger partial charge in [0.25, 0.3) is 0 Å². The Balaban J connectivity index is 2.10. The van der Waals surface area contributed by atoms with Crippen LogP contribution in [0.2, 0.25) is 0 Å². The zero-order valence-electron chi connectivity index (χ0n) is 9.16. The molecule has 0 fully saturated rings. The van der Waals surface area contributed by atoms with Crippen LogP contribution in [0.3, 0.4) is 0 Å². The number of ether oxygens (including phenoxy) is 1. The summed E-state index contributed by atoms with van der Waals surface area (Å²) in [6.45, 7) is 0.0492. The SMILES string of the molecule is Nc1cc(F)c(OCc2ccc(Br)cn2)cc1F. The Kier molecular flexibility index (Phi) is 3.76. The number of hydrogen-bond donors (Lipinski definition) is 1. The number of nitrogens with two attached hydrogens (primary N) is 1. The second-order valence-corrected chi connectivity index (χ2v) is 4.48. The molecule has 0 radical (unpaired) electrons. The van der Waals surface area contributed by atoms with Gasteiger partial charge in [-0.2, -0.15) is 0 Å². The van der Waals surface area contributed by atoms with Gasteiger partial charge in [-0.1, -0.05) is 0 Å². The maximum absolute atomic E-state index is 13.4. The van der Waals surface area contributed by atoms with Crippen molar-refractivity contribution in [3.05, 3.63) is 52.3 Å². The fraction of sp³-hybridized carbons (Fsp3) is 0.0833. The molecule has 1 heterocycles. The van der Waals surface area contributed by atoms with E-state index in [0.29, 0.717) is 5.69 Å². The van der Waals surface area contributed by atoms with Gasteiger partial charge >= 0.3 is 0 Å². The van der Waals surface area contributed by atoms with Crippen molar-refractivity contribution in [3.8, 4) is 5.75 Å². The van der Waals surface area contributed by atoms with Gasteiger partial charge in [0.1, 0.15) is 12.4 Å². The molecule has 2 N–H and O–H groups in total. The summed E-state index contributed by atoms with van der Waals surface area (Å²) in [5, 5.41) is 0. The fourth-order valence-electron chi connectivity index (χ4n) is 1.30. The molecule has 0 saturated heterocycles. The fourth-order valence-corrected chi connectivity index (χ4v) is 1.53. The Morgan fingerprint density at radius 2 is 2.00 bits per heavy atom. The average molecular weight is 315 g/mol. The number of rotatable bonds is 3. The van der Waals surface area contributed by atoms with E-state index in [1.54, 1.807) is 18.3 Å². The van der Waals surface area contributed by atoms with E-state index in [0.717, 1.165) is 16.6 Å². The molecular weight excluding hydrogens is 306 g/mol. The number of benzene rings is 1. The van der Waals surface area contributed by atoms with E-state index in [4.69, 9.17) is 10.5 Å². The van der Waals surface area contributed by atoms with Crippen LogP contribution < -0.4 is 10.5 Å². The second-order valence-electron chi connectivity index (χ2n) is 3.56. The third-order valence-electron chi connectivity index (χ3n) is 2.22. The molecule has 0 spiro atoms. The van der Waals surface area contributed by atoms with Crippen molar-refractivity contribution in [2.24, 2.45) is 0 Å². The van der Waals surface area contributed by atoms with Crippen molar-refractivity contribution in [1.29, 1.82) is 0 Å². The third kappa shape index (κ3) is 2.95. The van der Waals surface area contributed by atoms with E-state index >= 15 is 0 Å². The summed E-state index contributed by atoms with van der Waals surface area (Å²) >= 11 is 3.24. The van der Waals surface area contributed by atoms with Gasteiger partial charge in [-0.25, -0.2) is 8.78 Å². The van der Waals surface area contributed by atoms with Crippen LogP contribution in [0.5, 0.6) is 5.75 Å². The molecule has 0 aliphatic rings. The first-order valence-electron chi connectivity index (χ1n) is 5.04. The van der Waals surface area contributed by atoms with Gasteiger partial charge in [0.05, 0.1) is 11.4 Å². The highest BCUT2D eigenvalue weighted by molar-refractivity contribution is 9.10. The van der Waals surface area contributed by atoms with Crippen molar-refractivity contribution in [2.75, 3.05) is 5.73 Å². The van der Waals surface area contributed by atoms with Crippen molar-refractivity contribution >= 4 is 21.6 Å². The summed E-state index contributed by atoms with van der Waals surface area (Å²) in [6.07, 6.45) is 1.60. The van der Waals surface area contributed by atoms with E-state index in [1.807, 2.05) is 0 Å². The Morgan fingerprint density at radius 3 is 2.67 bits per heavy atom. The van der Waals surface area contributed by atoms with E-state index in [2.05, 4.69) is 20.9 Å². The number of nitrogen functional groups attached to an aromatic ring is 1. The topological polar surface area (TPSA) is 48.1 Å². The lowest BCUT2D eigenvalue weighted by Gasteiger charge is -2.08. The molecule has 1 aromatic carbocycles. The highest BCUT2D eigenvalue weighted by atomic mass is 79.9. The van der Waals surface area contributed by atoms with Crippen LogP contribution >= 0.6 is 15.9 Å². The minimum absolute atomic E-state index is 0.0492. The summed E-state index contributed by atoms with van der Waals surface area (Å²) in [5.41, 5.74) is 5.58.